The Balaban J connectivity index is -0.0000000306. The normalized spacial score (nSPS) is 10.5. The molecule has 26 nitrogen and oxygen atoms in total. The first-order valence-electron chi connectivity index (χ1n) is 4.58. The molecule has 0 atom stereocenters. The summed E-state index contributed by atoms with van der Waals surface area (Å²) in [6.07, 6.45) is 0. The SMILES string of the molecule is O=S(=O)(O)OO.O=S(=O)(O)OOS(=O)(=O)O.O=S(=O)(O)O[O-].O=S(=O)([O-])[O-].O=S(=O)([O-])[O-].[K+].[K+].[K+].[K+].[K+]. The zero-order valence-electron chi connectivity index (χ0n) is 18.3. The average molecular weight is 809 g/mol. The summed E-state index contributed by atoms with van der Waals surface area (Å²) in [5.74, 6) is 0. The van der Waals surface area contributed by atoms with E-state index in [2.05, 4.69) is 17.3 Å². The van der Waals surface area contributed by atoms with Gasteiger partial charge in [-0.15, -0.1) is 0 Å². The van der Waals surface area contributed by atoms with E-state index in [-0.39, 0.29) is 257 Å². The monoisotopic (exact) mass is 808 g/mol. The molecule has 0 rings (SSSR count). The van der Waals surface area contributed by atoms with E-state index >= 15 is 0 Å². The standard InChI is InChI=1S/5K.H2O8S2.2H2O5S.2H2O4S/c;;;;;1-9(2,3)7-8-10(4,5)6;2*1-5-6(2,3)4;2*1-5(2,3)4/h;;;;;(H,1,2,3)(H,4,5,6);2*1H,(H,2,3,4);2*(H2,1,2,3,4)/q5*+1;;;;;/p-5. The summed E-state index contributed by atoms with van der Waals surface area (Å²) in [6, 6.07) is 0. The first-order valence-corrected chi connectivity index (χ1v) is 12.7. The second kappa shape index (κ2) is 34.7. The van der Waals surface area contributed by atoms with Crippen molar-refractivity contribution in [3.63, 3.8) is 0 Å². The van der Waals surface area contributed by atoms with Gasteiger partial charge in [-0.25, -0.2) is 5.26 Å². The summed E-state index contributed by atoms with van der Waals surface area (Å²) in [7, 11) is -29.7. The van der Waals surface area contributed by atoms with E-state index in [0.717, 1.165) is 0 Å². The van der Waals surface area contributed by atoms with E-state index in [1.807, 2.05) is 0 Å². The molecule has 0 saturated heterocycles. The summed E-state index contributed by atoms with van der Waals surface area (Å²) >= 11 is 0. The zero-order chi connectivity index (χ0) is 27.8. The molecule has 0 unspecified atom stereocenters. The van der Waals surface area contributed by atoms with Gasteiger partial charge < -0.3 is 27.8 Å². The minimum absolute atomic E-state index is 0. The maximum atomic E-state index is 9.51. The Kier molecular flexibility index (Phi) is 66.1. The molecule has 202 valence electrons. The Morgan fingerprint density at radius 3 is 0.568 bits per heavy atom. The van der Waals surface area contributed by atoms with Crippen molar-refractivity contribution in [1.82, 2.24) is 0 Å². The van der Waals surface area contributed by atoms with E-state index in [9.17, 15) is 16.8 Å². The molecule has 0 aliphatic rings. The van der Waals surface area contributed by atoms with Gasteiger partial charge in [-0.3, -0.25) is 35.0 Å². The molecule has 0 fully saturated rings. The molecule has 0 aliphatic carbocycles. The third-order valence-electron chi connectivity index (χ3n) is 0.380. The molecule has 0 radical (unpaired) electrons. The first-order chi connectivity index (χ1) is 13.3. The van der Waals surface area contributed by atoms with Crippen LogP contribution in [0.15, 0.2) is 0 Å². The van der Waals surface area contributed by atoms with E-state index in [4.69, 9.17) is 80.6 Å². The number of rotatable bonds is 5. The zero-order valence-corrected chi connectivity index (χ0v) is 38.8. The molecule has 0 bridgehead atoms. The minimum atomic E-state index is -5.17. The fourth-order valence-electron chi connectivity index (χ4n) is 0.0702. The average Bonchev–Trinajstić information content (AvgIpc) is 2.40. The molecule has 0 heterocycles. The summed E-state index contributed by atoms with van der Waals surface area (Å²) < 4.78 is 183. The molecule has 0 aromatic rings. The smallest absolute Gasteiger partial charge is 0.759 e. The summed E-state index contributed by atoms with van der Waals surface area (Å²) in [5.41, 5.74) is 0. The molecule has 0 aromatic heterocycles. The van der Waals surface area contributed by atoms with Crippen molar-refractivity contribution in [3.05, 3.63) is 0 Å². The van der Waals surface area contributed by atoms with Crippen LogP contribution in [0, 0.1) is 0 Å². The van der Waals surface area contributed by atoms with Crippen molar-refractivity contribution in [3.8, 4) is 0 Å². The number of hydrogen-bond acceptors (Lipinski definition) is 22. The van der Waals surface area contributed by atoms with Gasteiger partial charge in [0, 0.05) is 20.8 Å². The molecule has 0 aliphatic heterocycles. The van der Waals surface area contributed by atoms with Crippen molar-refractivity contribution in [2.75, 3.05) is 0 Å². The van der Waals surface area contributed by atoms with Gasteiger partial charge in [0.05, 0.1) is 0 Å². The Bertz CT molecular complexity index is 1010. The van der Waals surface area contributed by atoms with Crippen LogP contribution in [0.3, 0.4) is 0 Å². The van der Waals surface area contributed by atoms with Crippen LogP contribution >= 0.6 is 0 Å². The predicted octanol–water partition coefficient (Wildman–Crippen LogP) is -21.8. The van der Waals surface area contributed by atoms with Crippen LogP contribution in [0.4, 0.5) is 0 Å². The van der Waals surface area contributed by atoms with Gasteiger partial charge in [0.1, 0.15) is 0 Å². The first kappa shape index (κ1) is 70.6. The molecular formula is H5K5O26S6. The van der Waals surface area contributed by atoms with Gasteiger partial charge in [-0.05, 0) is 0 Å². The van der Waals surface area contributed by atoms with Crippen LogP contribution in [0.25, 0.3) is 0 Å². The van der Waals surface area contributed by atoms with Crippen LogP contribution in [-0.4, -0.2) is 92.2 Å². The molecule has 0 aromatic carbocycles. The van der Waals surface area contributed by atoms with E-state index < -0.39 is 62.4 Å². The maximum absolute atomic E-state index is 9.51. The van der Waals surface area contributed by atoms with Gasteiger partial charge in [0.15, 0.2) is 0 Å². The maximum Gasteiger partial charge on any atom is 1.00 e. The van der Waals surface area contributed by atoms with Gasteiger partial charge in [-0.1, -0.05) is 13.0 Å². The van der Waals surface area contributed by atoms with E-state index in [0.29, 0.717) is 0 Å². The van der Waals surface area contributed by atoms with Crippen LogP contribution in [-0.2, 0) is 79.7 Å². The summed E-state index contributed by atoms with van der Waals surface area (Å²) in [6.45, 7) is 0. The van der Waals surface area contributed by atoms with Crippen LogP contribution in [0.2, 0.25) is 0 Å². The fourth-order valence-corrected chi connectivity index (χ4v) is 0.632. The van der Waals surface area contributed by atoms with Crippen molar-refractivity contribution in [1.29, 1.82) is 0 Å². The Hall–Kier alpha value is 7.32. The van der Waals surface area contributed by atoms with Gasteiger partial charge >= 0.3 is 299 Å². The quantitative estimate of drug-likeness (QED) is 0.0566. The van der Waals surface area contributed by atoms with Crippen LogP contribution < -0.4 is 262 Å². The molecule has 37 heteroatoms. The third-order valence-corrected chi connectivity index (χ3v) is 1.31. The Labute approximate surface area is 421 Å². The topological polar surface area (TPSA) is 458 Å². The Morgan fingerprint density at radius 2 is 0.541 bits per heavy atom. The molecular weight excluding hydrogens is 804 g/mol. The van der Waals surface area contributed by atoms with Crippen molar-refractivity contribution < 1.29 is 372 Å². The second-order valence-corrected chi connectivity index (χ2v) is 8.42. The Morgan fingerprint density at radius 1 is 0.432 bits per heavy atom. The van der Waals surface area contributed by atoms with Crippen molar-refractivity contribution in [2.24, 2.45) is 0 Å². The van der Waals surface area contributed by atoms with Gasteiger partial charge in [-0.2, -0.15) is 33.7 Å². The largest absolute Gasteiger partial charge is 1.00 e. The number of hydrogen-bond donors (Lipinski definition) is 5. The van der Waals surface area contributed by atoms with Crippen molar-refractivity contribution in [2.45, 2.75) is 0 Å². The third kappa shape index (κ3) is 179. The van der Waals surface area contributed by atoms with E-state index in [1.165, 1.54) is 0 Å². The molecule has 5 N–H and O–H groups in total. The van der Waals surface area contributed by atoms with Crippen LogP contribution in [0.1, 0.15) is 0 Å². The summed E-state index contributed by atoms with van der Waals surface area (Å²) in [4.78, 5) is 0. The van der Waals surface area contributed by atoms with Crippen molar-refractivity contribution >= 4 is 62.4 Å². The summed E-state index contributed by atoms with van der Waals surface area (Å²) in [5, 5.41) is 15.7. The second-order valence-electron chi connectivity index (χ2n) is 2.81. The van der Waals surface area contributed by atoms with Crippen LogP contribution in [0.5, 0.6) is 0 Å². The molecule has 37 heavy (non-hydrogen) atoms. The predicted molar refractivity (Wildman–Crippen MR) is 74.1 cm³/mol. The minimum Gasteiger partial charge on any atom is -0.759 e. The fraction of sp³-hybridized carbons (Fsp3) is 0. The van der Waals surface area contributed by atoms with Gasteiger partial charge in [0.2, 0.25) is 0 Å². The van der Waals surface area contributed by atoms with E-state index in [1.54, 1.807) is 0 Å². The molecule has 0 amide bonds. The molecule has 0 spiro atoms. The van der Waals surface area contributed by atoms with Gasteiger partial charge in [0.25, 0.3) is 0 Å². The molecule has 0 saturated carbocycles.